The van der Waals surface area contributed by atoms with Crippen molar-refractivity contribution in [1.29, 1.82) is 0 Å². The van der Waals surface area contributed by atoms with Gasteiger partial charge in [0.25, 0.3) is 0 Å². The maximum Gasteiger partial charge on any atom is 0.407 e. The fraction of sp³-hybridized carbons (Fsp3) is 0.462. The number of benzene rings is 1. The molecule has 1 amide bonds. The third-order valence-corrected chi connectivity index (χ3v) is 2.14. The molecule has 4 nitrogen and oxygen atoms in total. The second-order valence-electron chi connectivity index (χ2n) is 5.03. The van der Waals surface area contributed by atoms with E-state index < -0.39 is 11.7 Å². The third-order valence-electron chi connectivity index (χ3n) is 2.14. The fourth-order valence-corrected chi connectivity index (χ4v) is 1.38. The zero-order valence-electron chi connectivity index (χ0n) is 10.9. The van der Waals surface area contributed by atoms with Crippen LogP contribution < -0.4 is 11.1 Å². The predicted octanol–water partition coefficient (Wildman–Crippen LogP) is 2.48. The minimum atomic E-state index is -0.531. The number of nitrogen functional groups attached to an aromatic ring is 1. The molecule has 0 aromatic heterocycles. The van der Waals surface area contributed by atoms with Crippen LogP contribution in [0.5, 0.6) is 0 Å². The average molecular weight is 254 g/mol. The molecule has 1 aromatic carbocycles. The maximum absolute atomic E-state index is 13.4. The molecule has 0 aliphatic heterocycles. The first-order chi connectivity index (χ1) is 8.28. The van der Waals surface area contributed by atoms with Crippen molar-refractivity contribution in [3.63, 3.8) is 0 Å². The second-order valence-corrected chi connectivity index (χ2v) is 5.03. The Morgan fingerprint density at radius 1 is 1.44 bits per heavy atom. The zero-order valence-corrected chi connectivity index (χ0v) is 10.9. The molecule has 0 fully saturated rings. The van der Waals surface area contributed by atoms with Gasteiger partial charge in [0, 0.05) is 12.2 Å². The summed E-state index contributed by atoms with van der Waals surface area (Å²) < 4.78 is 18.5. The van der Waals surface area contributed by atoms with E-state index >= 15 is 0 Å². The number of carbonyl (C=O) groups excluding carboxylic acids is 1. The van der Waals surface area contributed by atoms with Crippen molar-refractivity contribution in [3.05, 3.63) is 29.6 Å². The number of hydrogen-bond acceptors (Lipinski definition) is 3. The number of amides is 1. The number of nitrogens with one attached hydrogen (secondary N) is 1. The van der Waals surface area contributed by atoms with Gasteiger partial charge in [0.1, 0.15) is 11.4 Å². The largest absolute Gasteiger partial charge is 0.444 e. The van der Waals surface area contributed by atoms with Gasteiger partial charge in [0.2, 0.25) is 0 Å². The van der Waals surface area contributed by atoms with Gasteiger partial charge in [-0.15, -0.1) is 0 Å². The van der Waals surface area contributed by atoms with Crippen molar-refractivity contribution in [3.8, 4) is 0 Å². The Labute approximate surface area is 106 Å². The SMILES string of the molecule is CC(C)(C)OC(=O)NCCc1ccc(N)cc1F. The van der Waals surface area contributed by atoms with E-state index in [0.29, 0.717) is 24.2 Å². The minimum absolute atomic E-state index is 0.315. The van der Waals surface area contributed by atoms with Crippen LogP contribution in [0.15, 0.2) is 18.2 Å². The standard InChI is InChI=1S/C13H19FN2O2/c1-13(2,3)18-12(17)16-7-6-9-4-5-10(15)8-11(9)14/h4-5,8H,6-7,15H2,1-3H3,(H,16,17). The van der Waals surface area contributed by atoms with E-state index in [-0.39, 0.29) is 5.82 Å². The molecular weight excluding hydrogens is 235 g/mol. The number of hydrogen-bond donors (Lipinski definition) is 2. The predicted molar refractivity (Wildman–Crippen MR) is 68.8 cm³/mol. The van der Waals surface area contributed by atoms with Crippen LogP contribution in [-0.2, 0) is 11.2 Å². The first kappa shape index (κ1) is 14.3. The molecule has 0 spiro atoms. The van der Waals surface area contributed by atoms with E-state index in [0.717, 1.165) is 0 Å². The van der Waals surface area contributed by atoms with Crippen molar-refractivity contribution >= 4 is 11.8 Å². The van der Waals surface area contributed by atoms with Crippen LogP contribution in [0.3, 0.4) is 0 Å². The van der Waals surface area contributed by atoms with Crippen LogP contribution in [0.25, 0.3) is 0 Å². The Morgan fingerprint density at radius 2 is 2.11 bits per heavy atom. The van der Waals surface area contributed by atoms with Gasteiger partial charge in [-0.05, 0) is 44.9 Å². The molecule has 0 saturated heterocycles. The Kier molecular flexibility index (Phi) is 4.53. The summed E-state index contributed by atoms with van der Waals surface area (Å²) in [5.74, 6) is -0.360. The lowest BCUT2D eigenvalue weighted by Crippen LogP contribution is -2.33. The molecule has 0 heterocycles. The van der Waals surface area contributed by atoms with Gasteiger partial charge in [0.05, 0.1) is 0 Å². The summed E-state index contributed by atoms with van der Waals surface area (Å²) in [6.07, 6.45) is -0.107. The summed E-state index contributed by atoms with van der Waals surface area (Å²) in [6, 6.07) is 4.51. The van der Waals surface area contributed by atoms with E-state index in [1.54, 1.807) is 32.9 Å². The van der Waals surface area contributed by atoms with Gasteiger partial charge in [-0.1, -0.05) is 6.07 Å². The number of rotatable bonds is 3. The highest BCUT2D eigenvalue weighted by molar-refractivity contribution is 5.67. The minimum Gasteiger partial charge on any atom is -0.444 e. The summed E-state index contributed by atoms with van der Waals surface area (Å²) in [6.45, 7) is 5.67. The molecular formula is C13H19FN2O2. The molecule has 3 N–H and O–H groups in total. The van der Waals surface area contributed by atoms with Gasteiger partial charge >= 0.3 is 6.09 Å². The van der Waals surface area contributed by atoms with E-state index in [2.05, 4.69) is 5.32 Å². The van der Waals surface area contributed by atoms with Crippen molar-refractivity contribution < 1.29 is 13.9 Å². The molecule has 100 valence electrons. The van der Waals surface area contributed by atoms with Crippen LogP contribution >= 0.6 is 0 Å². The lowest BCUT2D eigenvalue weighted by atomic mass is 10.1. The van der Waals surface area contributed by atoms with Crippen LogP contribution in [0.2, 0.25) is 0 Å². The molecule has 0 unspecified atom stereocenters. The van der Waals surface area contributed by atoms with Gasteiger partial charge in [-0.3, -0.25) is 0 Å². The average Bonchev–Trinajstić information content (AvgIpc) is 2.18. The van der Waals surface area contributed by atoms with Crippen LogP contribution in [0.1, 0.15) is 26.3 Å². The molecule has 0 aliphatic carbocycles. The van der Waals surface area contributed by atoms with Gasteiger partial charge < -0.3 is 15.8 Å². The number of carbonyl (C=O) groups is 1. The van der Waals surface area contributed by atoms with E-state index in [4.69, 9.17) is 10.5 Å². The van der Waals surface area contributed by atoms with Crippen molar-refractivity contribution in [1.82, 2.24) is 5.32 Å². The second kappa shape index (κ2) is 5.71. The Hall–Kier alpha value is -1.78. The first-order valence-corrected chi connectivity index (χ1v) is 5.79. The van der Waals surface area contributed by atoms with Gasteiger partial charge in [0.15, 0.2) is 0 Å². The van der Waals surface area contributed by atoms with E-state index in [1.807, 2.05) is 0 Å². The molecule has 0 bridgehead atoms. The zero-order chi connectivity index (χ0) is 13.8. The Morgan fingerprint density at radius 3 is 2.67 bits per heavy atom. The summed E-state index contributed by atoms with van der Waals surface area (Å²) >= 11 is 0. The molecule has 18 heavy (non-hydrogen) atoms. The van der Waals surface area contributed by atoms with Crippen LogP contribution in [-0.4, -0.2) is 18.2 Å². The topological polar surface area (TPSA) is 64.3 Å². The third kappa shape index (κ3) is 5.03. The van der Waals surface area contributed by atoms with E-state index in [1.165, 1.54) is 6.07 Å². The smallest absolute Gasteiger partial charge is 0.407 e. The fourth-order valence-electron chi connectivity index (χ4n) is 1.38. The lowest BCUT2D eigenvalue weighted by molar-refractivity contribution is 0.0528. The Balaban J connectivity index is 2.40. The summed E-state index contributed by atoms with van der Waals surface area (Å²) in [4.78, 5) is 11.3. The monoisotopic (exact) mass is 254 g/mol. The molecule has 1 rings (SSSR count). The number of anilines is 1. The molecule has 0 aliphatic rings. The molecule has 1 aromatic rings. The van der Waals surface area contributed by atoms with Crippen LogP contribution in [0, 0.1) is 5.82 Å². The highest BCUT2D eigenvalue weighted by Crippen LogP contribution is 2.12. The number of nitrogens with two attached hydrogens (primary N) is 1. The number of alkyl carbamates (subject to hydrolysis) is 1. The number of ether oxygens (including phenoxy) is 1. The van der Waals surface area contributed by atoms with Crippen molar-refractivity contribution in [2.75, 3.05) is 12.3 Å². The van der Waals surface area contributed by atoms with Crippen LogP contribution in [0.4, 0.5) is 14.9 Å². The quantitative estimate of drug-likeness (QED) is 0.814. The van der Waals surface area contributed by atoms with Gasteiger partial charge in [-0.25, -0.2) is 9.18 Å². The maximum atomic E-state index is 13.4. The summed E-state index contributed by atoms with van der Waals surface area (Å²) in [5, 5.41) is 2.57. The lowest BCUT2D eigenvalue weighted by Gasteiger charge is -2.19. The molecule has 0 atom stereocenters. The molecule has 5 heteroatoms. The Bertz CT molecular complexity index is 427. The first-order valence-electron chi connectivity index (χ1n) is 5.79. The molecule has 0 saturated carbocycles. The van der Waals surface area contributed by atoms with Gasteiger partial charge in [-0.2, -0.15) is 0 Å². The highest BCUT2D eigenvalue weighted by Gasteiger charge is 2.15. The molecule has 0 radical (unpaired) electrons. The van der Waals surface area contributed by atoms with Crippen molar-refractivity contribution in [2.45, 2.75) is 32.8 Å². The normalized spacial score (nSPS) is 11.1. The van der Waals surface area contributed by atoms with E-state index in [9.17, 15) is 9.18 Å². The summed E-state index contributed by atoms with van der Waals surface area (Å²) in [7, 11) is 0. The summed E-state index contributed by atoms with van der Waals surface area (Å²) in [5.41, 5.74) is 5.81. The highest BCUT2D eigenvalue weighted by atomic mass is 19.1. The number of halogens is 1. The van der Waals surface area contributed by atoms with Crippen molar-refractivity contribution in [2.24, 2.45) is 0 Å².